The van der Waals surface area contributed by atoms with E-state index in [1.807, 2.05) is 0 Å². The molecule has 0 atom stereocenters. The highest BCUT2D eigenvalue weighted by molar-refractivity contribution is 9.10. The third kappa shape index (κ3) is 3.09. The third-order valence-corrected chi connectivity index (χ3v) is 2.87. The maximum absolute atomic E-state index is 11.9. The van der Waals surface area contributed by atoms with Gasteiger partial charge in [0.1, 0.15) is 11.4 Å². The minimum atomic E-state index is -0.618. The Kier molecular flexibility index (Phi) is 3.94. The Morgan fingerprint density at radius 3 is 2.70 bits per heavy atom. The number of hydrogen-bond acceptors (Lipinski definition) is 5. The van der Waals surface area contributed by atoms with Crippen LogP contribution in [0, 0.1) is 10.1 Å². The van der Waals surface area contributed by atoms with Crippen LogP contribution in [0.2, 0.25) is 0 Å². The van der Waals surface area contributed by atoms with E-state index >= 15 is 0 Å². The molecule has 0 aliphatic heterocycles. The van der Waals surface area contributed by atoms with Crippen molar-refractivity contribution in [1.82, 2.24) is 4.98 Å². The van der Waals surface area contributed by atoms with Gasteiger partial charge in [-0.2, -0.15) is 0 Å². The van der Waals surface area contributed by atoms with Crippen molar-refractivity contribution < 1.29 is 14.8 Å². The van der Waals surface area contributed by atoms with Crippen LogP contribution in [0.4, 0.5) is 11.4 Å². The fourth-order valence-corrected chi connectivity index (χ4v) is 1.67. The summed E-state index contributed by atoms with van der Waals surface area (Å²) < 4.78 is 0.715. The van der Waals surface area contributed by atoms with Crippen molar-refractivity contribution in [3.8, 4) is 5.75 Å². The van der Waals surface area contributed by atoms with Gasteiger partial charge in [0.25, 0.3) is 11.6 Å². The molecule has 0 unspecified atom stereocenters. The van der Waals surface area contributed by atoms with Crippen LogP contribution in [-0.4, -0.2) is 20.9 Å². The number of rotatable bonds is 3. The number of pyridine rings is 1. The maximum atomic E-state index is 11.9. The highest BCUT2D eigenvalue weighted by atomic mass is 79.9. The molecule has 20 heavy (non-hydrogen) atoms. The number of amides is 1. The fraction of sp³-hybridized carbons (Fsp3) is 0. The molecule has 0 saturated heterocycles. The molecule has 1 amide bonds. The lowest BCUT2D eigenvalue weighted by molar-refractivity contribution is -0.384. The number of phenols is 1. The lowest BCUT2D eigenvalue weighted by Crippen LogP contribution is -2.13. The Morgan fingerprint density at radius 2 is 2.10 bits per heavy atom. The summed E-state index contributed by atoms with van der Waals surface area (Å²) in [6.45, 7) is 0. The Bertz CT molecular complexity index is 673. The number of non-ortho nitro benzene ring substituents is 1. The van der Waals surface area contributed by atoms with Gasteiger partial charge in [-0.1, -0.05) is 0 Å². The molecule has 0 saturated carbocycles. The van der Waals surface area contributed by atoms with Gasteiger partial charge in [0.05, 0.1) is 10.6 Å². The summed E-state index contributed by atoms with van der Waals surface area (Å²) in [5.74, 6) is -0.839. The van der Waals surface area contributed by atoms with E-state index in [1.54, 1.807) is 6.07 Å². The minimum absolute atomic E-state index is 0.0473. The number of nitro benzene ring substituents is 1. The molecule has 0 aliphatic carbocycles. The predicted octanol–water partition coefficient (Wildman–Crippen LogP) is 2.71. The molecule has 0 spiro atoms. The largest absolute Gasteiger partial charge is 0.506 e. The van der Waals surface area contributed by atoms with Crippen molar-refractivity contribution in [2.45, 2.75) is 0 Å². The molecule has 1 aromatic heterocycles. The van der Waals surface area contributed by atoms with Gasteiger partial charge in [-0.15, -0.1) is 0 Å². The van der Waals surface area contributed by atoms with Crippen LogP contribution >= 0.6 is 15.9 Å². The topological polar surface area (TPSA) is 105 Å². The molecular formula is C12H8BrN3O4. The van der Waals surface area contributed by atoms with Crippen molar-refractivity contribution in [1.29, 1.82) is 0 Å². The second-order valence-corrected chi connectivity index (χ2v) is 4.69. The molecule has 0 radical (unpaired) electrons. The number of halogens is 1. The summed E-state index contributed by atoms with van der Waals surface area (Å²) in [5.41, 5.74) is -0.158. The molecule has 1 aromatic carbocycles. The Balaban J connectivity index is 2.25. The zero-order valence-electron chi connectivity index (χ0n) is 9.91. The molecule has 2 rings (SSSR count). The number of hydrogen-bond donors (Lipinski definition) is 2. The van der Waals surface area contributed by atoms with E-state index in [9.17, 15) is 20.0 Å². The van der Waals surface area contributed by atoms with E-state index in [1.165, 1.54) is 12.3 Å². The summed E-state index contributed by atoms with van der Waals surface area (Å²) in [4.78, 5) is 25.8. The molecule has 7 nitrogen and oxygen atoms in total. The van der Waals surface area contributed by atoms with Crippen LogP contribution in [0.25, 0.3) is 0 Å². The number of aromatic nitrogens is 1. The standard InChI is InChI=1S/C12H8BrN3O4/c13-7-1-3-9(14-6-7)12(18)15-10-5-8(16(19)20)2-4-11(10)17/h1-6,17H,(H,15,18). The Morgan fingerprint density at radius 1 is 1.35 bits per heavy atom. The van der Waals surface area contributed by atoms with Gasteiger partial charge < -0.3 is 10.4 Å². The van der Waals surface area contributed by atoms with E-state index in [2.05, 4.69) is 26.2 Å². The van der Waals surface area contributed by atoms with Crippen LogP contribution in [0.3, 0.4) is 0 Å². The first-order valence-corrected chi connectivity index (χ1v) is 6.17. The quantitative estimate of drug-likeness (QED) is 0.508. The number of nitrogens with zero attached hydrogens (tertiary/aromatic N) is 2. The molecule has 8 heteroatoms. The second kappa shape index (κ2) is 5.66. The monoisotopic (exact) mass is 337 g/mol. The number of carbonyl (C=O) groups excluding carboxylic acids is 1. The lowest BCUT2D eigenvalue weighted by Gasteiger charge is -2.06. The molecule has 2 aromatic rings. The van der Waals surface area contributed by atoms with Crippen LogP contribution in [0.1, 0.15) is 10.5 Å². The minimum Gasteiger partial charge on any atom is -0.506 e. The summed E-state index contributed by atoms with van der Waals surface area (Å²) in [6.07, 6.45) is 1.45. The summed E-state index contributed by atoms with van der Waals surface area (Å²) in [7, 11) is 0. The first kappa shape index (κ1) is 13.9. The smallest absolute Gasteiger partial charge is 0.274 e. The highest BCUT2D eigenvalue weighted by Gasteiger charge is 2.14. The van der Waals surface area contributed by atoms with Gasteiger partial charge in [0.2, 0.25) is 0 Å². The second-order valence-electron chi connectivity index (χ2n) is 3.77. The predicted molar refractivity (Wildman–Crippen MR) is 74.7 cm³/mol. The van der Waals surface area contributed by atoms with Crippen LogP contribution < -0.4 is 5.32 Å². The zero-order chi connectivity index (χ0) is 14.7. The zero-order valence-corrected chi connectivity index (χ0v) is 11.5. The maximum Gasteiger partial charge on any atom is 0.274 e. The Labute approximate surface area is 121 Å². The normalized spacial score (nSPS) is 10.1. The average Bonchev–Trinajstić information content (AvgIpc) is 2.41. The number of phenolic OH excluding ortho intramolecular Hbond substituents is 1. The highest BCUT2D eigenvalue weighted by Crippen LogP contribution is 2.28. The van der Waals surface area contributed by atoms with Crippen LogP contribution in [-0.2, 0) is 0 Å². The molecule has 1 heterocycles. The fourth-order valence-electron chi connectivity index (χ4n) is 1.43. The van der Waals surface area contributed by atoms with E-state index in [0.717, 1.165) is 18.2 Å². The van der Waals surface area contributed by atoms with E-state index in [-0.39, 0.29) is 22.8 Å². The molecule has 0 aliphatic rings. The first-order valence-electron chi connectivity index (χ1n) is 5.37. The van der Waals surface area contributed by atoms with Crippen LogP contribution in [0.15, 0.2) is 41.0 Å². The average molecular weight is 338 g/mol. The van der Waals surface area contributed by atoms with Crippen molar-refractivity contribution >= 4 is 33.2 Å². The van der Waals surface area contributed by atoms with Crippen molar-refractivity contribution in [2.24, 2.45) is 0 Å². The van der Waals surface area contributed by atoms with Crippen molar-refractivity contribution in [3.63, 3.8) is 0 Å². The Hall–Kier alpha value is -2.48. The van der Waals surface area contributed by atoms with Gasteiger partial charge in [-0.25, -0.2) is 4.98 Å². The van der Waals surface area contributed by atoms with Crippen molar-refractivity contribution in [2.75, 3.05) is 5.32 Å². The molecule has 2 N–H and O–H groups in total. The van der Waals surface area contributed by atoms with Crippen molar-refractivity contribution in [3.05, 3.63) is 56.8 Å². The summed E-state index contributed by atoms with van der Waals surface area (Å²) >= 11 is 3.19. The van der Waals surface area contributed by atoms with Gasteiger partial charge in [0, 0.05) is 22.8 Å². The first-order chi connectivity index (χ1) is 9.47. The number of benzene rings is 1. The van der Waals surface area contributed by atoms with E-state index in [0.29, 0.717) is 4.47 Å². The molecular weight excluding hydrogens is 330 g/mol. The van der Waals surface area contributed by atoms with E-state index < -0.39 is 10.8 Å². The number of carbonyl (C=O) groups is 1. The number of nitrogens with one attached hydrogen (secondary N) is 1. The summed E-state index contributed by atoms with van der Waals surface area (Å²) in [5, 5.41) is 22.6. The molecule has 102 valence electrons. The lowest BCUT2D eigenvalue weighted by atomic mass is 10.2. The van der Waals surface area contributed by atoms with E-state index in [4.69, 9.17) is 0 Å². The van der Waals surface area contributed by atoms with Crippen LogP contribution in [0.5, 0.6) is 5.75 Å². The SMILES string of the molecule is O=C(Nc1cc([N+](=O)[O-])ccc1O)c1ccc(Br)cn1. The van der Waals surface area contributed by atoms with Gasteiger partial charge in [0.15, 0.2) is 0 Å². The molecule has 0 bridgehead atoms. The van der Waals surface area contributed by atoms with Gasteiger partial charge >= 0.3 is 0 Å². The molecule has 0 fully saturated rings. The third-order valence-electron chi connectivity index (χ3n) is 2.40. The van der Waals surface area contributed by atoms with Gasteiger partial charge in [-0.3, -0.25) is 14.9 Å². The van der Waals surface area contributed by atoms with Gasteiger partial charge in [-0.05, 0) is 34.1 Å². The summed E-state index contributed by atoms with van der Waals surface area (Å²) in [6, 6.07) is 6.47. The number of aromatic hydroxyl groups is 1. The number of nitro groups is 1. The number of anilines is 1.